The van der Waals surface area contributed by atoms with Gasteiger partial charge in [-0.15, -0.1) is 0 Å². The smallest absolute Gasteiger partial charge is 0.224 e. The maximum atomic E-state index is 12.3. The molecule has 1 N–H and O–H groups in total. The third kappa shape index (κ3) is 5.88. The average molecular weight is 373 g/mol. The van der Waals surface area contributed by atoms with Crippen molar-refractivity contribution in [3.8, 4) is 0 Å². The van der Waals surface area contributed by atoms with Gasteiger partial charge in [-0.1, -0.05) is 68.8 Å². The quantitative estimate of drug-likeness (QED) is 0.846. The number of halogens is 1. The number of benzene rings is 2. The van der Waals surface area contributed by atoms with Crippen LogP contribution in [0.15, 0.2) is 48.5 Å². The lowest BCUT2D eigenvalue weighted by atomic mass is 9.86. The lowest BCUT2D eigenvalue weighted by Gasteiger charge is -2.23. The van der Waals surface area contributed by atoms with E-state index in [2.05, 4.69) is 26.1 Å². The molecule has 138 valence electrons. The van der Waals surface area contributed by atoms with Crippen molar-refractivity contribution in [2.45, 2.75) is 45.1 Å². The second-order valence-corrected chi connectivity index (χ2v) is 7.81. The monoisotopic (exact) mass is 372 g/mol. The maximum Gasteiger partial charge on any atom is 0.224 e. The third-order valence-corrected chi connectivity index (χ3v) is 4.42. The molecule has 0 aliphatic rings. The first kappa shape index (κ1) is 20.0. The van der Waals surface area contributed by atoms with E-state index in [0.29, 0.717) is 5.02 Å². The fourth-order valence-corrected chi connectivity index (χ4v) is 2.79. The fraction of sp³-hybridized carbons (Fsp3) is 0.333. The number of carbonyl (C=O) groups excluding carboxylic acids is 2. The van der Waals surface area contributed by atoms with Gasteiger partial charge in [0.25, 0.3) is 0 Å². The van der Waals surface area contributed by atoms with Crippen LogP contribution >= 0.6 is 11.6 Å². The standard InChI is InChI=1S/C21H24ClNO3/c1-21(2,3)16-8-6-15(7-9-16)18(13-20(25)26)23-19(24)12-14-4-10-17(22)11-5-14/h4-11,18H,12-13H2,1-3H3,(H,23,24)(H,25,26)/p-1. The molecule has 0 aliphatic carbocycles. The first-order valence-corrected chi connectivity index (χ1v) is 8.87. The number of carboxylic acids is 1. The van der Waals surface area contributed by atoms with Crippen molar-refractivity contribution in [1.82, 2.24) is 5.32 Å². The van der Waals surface area contributed by atoms with E-state index < -0.39 is 12.0 Å². The second kappa shape index (κ2) is 8.37. The number of hydrogen-bond acceptors (Lipinski definition) is 3. The molecule has 1 unspecified atom stereocenters. The molecule has 0 bridgehead atoms. The van der Waals surface area contributed by atoms with Gasteiger partial charge in [-0.2, -0.15) is 0 Å². The molecular weight excluding hydrogens is 350 g/mol. The first-order valence-electron chi connectivity index (χ1n) is 8.49. The van der Waals surface area contributed by atoms with E-state index in [9.17, 15) is 14.7 Å². The summed E-state index contributed by atoms with van der Waals surface area (Å²) >= 11 is 5.84. The van der Waals surface area contributed by atoms with E-state index in [-0.39, 0.29) is 24.2 Å². The van der Waals surface area contributed by atoms with Gasteiger partial charge in [0.15, 0.2) is 0 Å². The highest BCUT2D eigenvalue weighted by atomic mass is 35.5. The molecule has 0 aliphatic heterocycles. The van der Waals surface area contributed by atoms with E-state index in [1.54, 1.807) is 24.3 Å². The van der Waals surface area contributed by atoms with Gasteiger partial charge >= 0.3 is 0 Å². The molecule has 4 nitrogen and oxygen atoms in total. The predicted octanol–water partition coefficient (Wildman–Crippen LogP) is 3.18. The van der Waals surface area contributed by atoms with Gasteiger partial charge in [0.05, 0.1) is 12.5 Å². The number of rotatable bonds is 6. The molecule has 0 heterocycles. The highest BCUT2D eigenvalue weighted by Crippen LogP contribution is 2.25. The molecule has 2 aromatic rings. The van der Waals surface area contributed by atoms with E-state index in [1.807, 2.05) is 24.3 Å². The maximum absolute atomic E-state index is 12.3. The minimum absolute atomic E-state index is 0.000210. The van der Waals surface area contributed by atoms with Crippen molar-refractivity contribution in [2.24, 2.45) is 0 Å². The minimum atomic E-state index is -1.21. The Hall–Kier alpha value is -2.33. The molecule has 1 amide bonds. The van der Waals surface area contributed by atoms with Crippen LogP contribution in [0.2, 0.25) is 5.02 Å². The van der Waals surface area contributed by atoms with Gasteiger partial charge in [0.1, 0.15) is 0 Å². The number of amides is 1. The van der Waals surface area contributed by atoms with Crippen molar-refractivity contribution in [2.75, 3.05) is 0 Å². The molecule has 0 aromatic heterocycles. The van der Waals surface area contributed by atoms with Gasteiger partial charge in [-0.3, -0.25) is 4.79 Å². The van der Waals surface area contributed by atoms with Crippen LogP contribution in [0.25, 0.3) is 0 Å². The van der Waals surface area contributed by atoms with Crippen LogP contribution in [0.4, 0.5) is 0 Å². The zero-order chi connectivity index (χ0) is 19.3. The highest BCUT2D eigenvalue weighted by Gasteiger charge is 2.18. The van der Waals surface area contributed by atoms with Crippen molar-refractivity contribution < 1.29 is 14.7 Å². The minimum Gasteiger partial charge on any atom is -0.550 e. The molecule has 5 heteroatoms. The van der Waals surface area contributed by atoms with E-state index in [0.717, 1.165) is 16.7 Å². The van der Waals surface area contributed by atoms with Gasteiger partial charge < -0.3 is 15.2 Å². The third-order valence-electron chi connectivity index (χ3n) is 4.16. The number of hydrogen-bond donors (Lipinski definition) is 1. The largest absolute Gasteiger partial charge is 0.550 e. The lowest BCUT2D eigenvalue weighted by molar-refractivity contribution is -0.306. The van der Waals surface area contributed by atoms with Crippen LogP contribution in [-0.4, -0.2) is 11.9 Å². The summed E-state index contributed by atoms with van der Waals surface area (Å²) in [5.74, 6) is -1.46. The van der Waals surface area contributed by atoms with Gasteiger partial charge in [-0.05, 0) is 34.2 Å². The number of aliphatic carboxylic acids is 1. The topological polar surface area (TPSA) is 69.2 Å². The molecule has 0 saturated heterocycles. The van der Waals surface area contributed by atoms with Gasteiger partial charge in [0, 0.05) is 17.4 Å². The Morgan fingerprint density at radius 3 is 2.12 bits per heavy atom. The Kier molecular flexibility index (Phi) is 6.43. The van der Waals surface area contributed by atoms with E-state index in [4.69, 9.17) is 11.6 Å². The van der Waals surface area contributed by atoms with Gasteiger partial charge in [0.2, 0.25) is 5.91 Å². The lowest BCUT2D eigenvalue weighted by Crippen LogP contribution is -2.35. The Bertz CT molecular complexity index is 761. The van der Waals surface area contributed by atoms with Crippen molar-refractivity contribution >= 4 is 23.5 Å². The van der Waals surface area contributed by atoms with Crippen molar-refractivity contribution in [1.29, 1.82) is 0 Å². The van der Waals surface area contributed by atoms with Crippen molar-refractivity contribution in [3.05, 3.63) is 70.2 Å². The summed E-state index contributed by atoms with van der Waals surface area (Å²) in [5.41, 5.74) is 2.69. The predicted molar refractivity (Wildman–Crippen MR) is 101 cm³/mol. The summed E-state index contributed by atoms with van der Waals surface area (Å²) in [6, 6.07) is 14.0. The number of carboxylic acid groups (broad SMARTS) is 1. The zero-order valence-electron chi connectivity index (χ0n) is 15.2. The second-order valence-electron chi connectivity index (χ2n) is 7.37. The Balaban J connectivity index is 2.12. The summed E-state index contributed by atoms with van der Waals surface area (Å²) in [6.45, 7) is 6.32. The number of carbonyl (C=O) groups is 2. The molecule has 0 saturated carbocycles. The van der Waals surface area contributed by atoms with Crippen LogP contribution in [-0.2, 0) is 21.4 Å². The molecule has 26 heavy (non-hydrogen) atoms. The van der Waals surface area contributed by atoms with Crippen LogP contribution in [0.5, 0.6) is 0 Å². The summed E-state index contributed by atoms with van der Waals surface area (Å²) in [6.07, 6.45) is -0.123. The zero-order valence-corrected chi connectivity index (χ0v) is 16.0. The molecule has 0 fully saturated rings. The van der Waals surface area contributed by atoms with Crippen LogP contribution in [0, 0.1) is 0 Å². The van der Waals surface area contributed by atoms with E-state index >= 15 is 0 Å². The van der Waals surface area contributed by atoms with Crippen LogP contribution < -0.4 is 10.4 Å². The van der Waals surface area contributed by atoms with Crippen LogP contribution in [0.1, 0.15) is 49.9 Å². The van der Waals surface area contributed by atoms with Crippen molar-refractivity contribution in [3.63, 3.8) is 0 Å². The summed E-state index contributed by atoms with van der Waals surface area (Å²) in [7, 11) is 0. The Morgan fingerprint density at radius 1 is 1.04 bits per heavy atom. The number of nitrogens with one attached hydrogen (secondary N) is 1. The SMILES string of the molecule is CC(C)(C)c1ccc(C(CC(=O)[O-])NC(=O)Cc2ccc(Cl)cc2)cc1. The molecular formula is C21H23ClNO3-. The first-order chi connectivity index (χ1) is 12.1. The summed E-state index contributed by atoms with van der Waals surface area (Å²) in [4.78, 5) is 23.4. The average Bonchev–Trinajstić information content (AvgIpc) is 2.55. The van der Waals surface area contributed by atoms with Crippen LogP contribution in [0.3, 0.4) is 0 Å². The Morgan fingerprint density at radius 2 is 1.62 bits per heavy atom. The Labute approximate surface area is 159 Å². The molecule has 0 radical (unpaired) electrons. The normalized spacial score (nSPS) is 12.5. The molecule has 2 aromatic carbocycles. The fourth-order valence-electron chi connectivity index (χ4n) is 2.67. The van der Waals surface area contributed by atoms with E-state index in [1.165, 1.54) is 0 Å². The molecule has 1 atom stereocenters. The molecule has 2 rings (SSSR count). The highest BCUT2D eigenvalue weighted by molar-refractivity contribution is 6.30. The summed E-state index contributed by atoms with van der Waals surface area (Å²) in [5, 5.41) is 14.5. The van der Waals surface area contributed by atoms with Gasteiger partial charge in [-0.25, -0.2) is 0 Å². The summed E-state index contributed by atoms with van der Waals surface area (Å²) < 4.78 is 0. The molecule has 0 spiro atoms.